The molecule has 0 saturated heterocycles. The molecular weight excluding hydrogens is 388 g/mol. The van der Waals surface area contributed by atoms with E-state index in [1.54, 1.807) is 12.1 Å². The van der Waals surface area contributed by atoms with Gasteiger partial charge >= 0.3 is 5.97 Å². The number of carbonyl (C=O) groups is 2. The van der Waals surface area contributed by atoms with Crippen molar-refractivity contribution in [1.82, 2.24) is 5.32 Å². The number of nitrogens with one attached hydrogen (secondary N) is 1. The van der Waals surface area contributed by atoms with Crippen LogP contribution in [0.3, 0.4) is 0 Å². The van der Waals surface area contributed by atoms with Crippen LogP contribution in [-0.2, 0) is 16.0 Å². The lowest BCUT2D eigenvalue weighted by Crippen LogP contribution is -2.43. The van der Waals surface area contributed by atoms with Gasteiger partial charge < -0.3 is 14.8 Å². The molecule has 0 radical (unpaired) electrons. The van der Waals surface area contributed by atoms with Crippen molar-refractivity contribution in [3.8, 4) is 5.75 Å². The van der Waals surface area contributed by atoms with E-state index in [1.165, 1.54) is 32.4 Å². The molecule has 0 heterocycles. The molecule has 8 nitrogen and oxygen atoms in total. The minimum Gasteiger partial charge on any atom is -0.496 e. The number of nitro benzene ring substituents is 1. The number of hydrogen-bond donors (Lipinski definition) is 1. The zero-order valence-corrected chi connectivity index (χ0v) is 16.5. The van der Waals surface area contributed by atoms with Crippen LogP contribution >= 0.6 is 0 Å². The second-order valence-electron chi connectivity index (χ2n) is 6.57. The first-order valence-corrected chi connectivity index (χ1v) is 9.11. The van der Waals surface area contributed by atoms with E-state index in [1.807, 2.05) is 30.3 Å². The average Bonchev–Trinajstić information content (AvgIpc) is 2.77. The number of benzene rings is 3. The van der Waals surface area contributed by atoms with E-state index in [0.717, 1.165) is 10.8 Å². The molecule has 0 saturated carbocycles. The lowest BCUT2D eigenvalue weighted by Gasteiger charge is -2.18. The fraction of sp³-hybridized carbons (Fsp3) is 0.182. The Kier molecular flexibility index (Phi) is 6.26. The molecule has 3 aromatic rings. The molecule has 154 valence electrons. The number of methoxy groups -OCH3 is 2. The molecule has 1 amide bonds. The minimum absolute atomic E-state index is 0.0309. The fourth-order valence-electron chi connectivity index (χ4n) is 3.17. The Morgan fingerprint density at radius 1 is 1.03 bits per heavy atom. The van der Waals surface area contributed by atoms with Crippen LogP contribution in [0, 0.1) is 10.1 Å². The van der Waals surface area contributed by atoms with Crippen LogP contribution in [0.25, 0.3) is 10.8 Å². The molecule has 3 aromatic carbocycles. The number of nitrogens with zero attached hydrogens (tertiary/aromatic N) is 1. The molecule has 1 atom stereocenters. The summed E-state index contributed by atoms with van der Waals surface area (Å²) in [5.41, 5.74) is 0.643. The van der Waals surface area contributed by atoms with E-state index in [0.29, 0.717) is 16.9 Å². The Balaban J connectivity index is 1.87. The molecule has 0 fully saturated rings. The van der Waals surface area contributed by atoms with Gasteiger partial charge in [-0.15, -0.1) is 0 Å². The summed E-state index contributed by atoms with van der Waals surface area (Å²) in [6.07, 6.45) is -0.0309. The van der Waals surface area contributed by atoms with E-state index in [-0.39, 0.29) is 12.1 Å². The van der Waals surface area contributed by atoms with E-state index in [2.05, 4.69) is 5.32 Å². The Bertz CT molecular complexity index is 1110. The first-order chi connectivity index (χ1) is 14.4. The van der Waals surface area contributed by atoms with E-state index in [4.69, 9.17) is 9.47 Å². The molecule has 0 aliphatic carbocycles. The smallest absolute Gasteiger partial charge is 0.328 e. The highest BCUT2D eigenvalue weighted by Gasteiger charge is 2.25. The van der Waals surface area contributed by atoms with Crippen LogP contribution in [0.2, 0.25) is 0 Å². The minimum atomic E-state index is -1.05. The summed E-state index contributed by atoms with van der Waals surface area (Å²) < 4.78 is 10.1. The molecule has 0 aromatic heterocycles. The first-order valence-electron chi connectivity index (χ1n) is 9.11. The predicted molar refractivity (Wildman–Crippen MR) is 111 cm³/mol. The largest absolute Gasteiger partial charge is 0.496 e. The molecule has 30 heavy (non-hydrogen) atoms. The molecule has 3 rings (SSSR count). The number of esters is 1. The number of fused-ring (bicyclic) bond motifs is 1. The van der Waals surface area contributed by atoms with Crippen LogP contribution in [0.5, 0.6) is 5.75 Å². The number of nitro groups is 1. The Labute approximate surface area is 172 Å². The maximum Gasteiger partial charge on any atom is 0.328 e. The van der Waals surface area contributed by atoms with Crippen molar-refractivity contribution in [2.45, 2.75) is 12.5 Å². The first kappa shape index (κ1) is 20.8. The number of rotatable bonds is 7. The van der Waals surface area contributed by atoms with Gasteiger partial charge in [0.05, 0.1) is 19.1 Å². The molecule has 0 aliphatic rings. The van der Waals surface area contributed by atoms with Crippen molar-refractivity contribution >= 4 is 28.3 Å². The summed E-state index contributed by atoms with van der Waals surface area (Å²) in [5.74, 6) is -0.757. The number of non-ortho nitro benzene ring substituents is 1. The van der Waals surface area contributed by atoms with Crippen molar-refractivity contribution in [2.75, 3.05) is 14.2 Å². The number of amides is 1. The van der Waals surface area contributed by atoms with Crippen LogP contribution < -0.4 is 10.1 Å². The van der Waals surface area contributed by atoms with Gasteiger partial charge in [0.1, 0.15) is 11.8 Å². The topological polar surface area (TPSA) is 108 Å². The van der Waals surface area contributed by atoms with Crippen LogP contribution in [0.4, 0.5) is 5.69 Å². The van der Waals surface area contributed by atoms with Crippen molar-refractivity contribution in [1.29, 1.82) is 0 Å². The highest BCUT2D eigenvalue weighted by atomic mass is 16.6. The number of carbonyl (C=O) groups excluding carboxylic acids is 2. The predicted octanol–water partition coefficient (Wildman–Crippen LogP) is 3.27. The SMILES string of the molecule is COC(=O)[C@H](Cc1cc([N+](=O)[O-])ccc1OC)NC(=O)c1ccc2ccccc2c1. The molecule has 0 bridgehead atoms. The maximum absolute atomic E-state index is 12.8. The summed E-state index contributed by atoms with van der Waals surface area (Å²) in [6, 6.07) is 15.8. The molecule has 0 aliphatic heterocycles. The monoisotopic (exact) mass is 408 g/mol. The maximum atomic E-state index is 12.8. The molecular formula is C22H20N2O6. The van der Waals surface area contributed by atoms with Gasteiger partial charge in [-0.25, -0.2) is 4.79 Å². The van der Waals surface area contributed by atoms with Gasteiger partial charge in [-0.1, -0.05) is 30.3 Å². The standard InChI is InChI=1S/C22H20N2O6/c1-29-20-10-9-18(24(27)28)12-17(20)13-19(22(26)30-2)23-21(25)16-8-7-14-5-3-4-6-15(14)11-16/h3-12,19H,13H2,1-2H3,(H,23,25)/t19-/m0/s1. The zero-order chi connectivity index (χ0) is 21.7. The fourth-order valence-corrected chi connectivity index (χ4v) is 3.17. The van der Waals surface area contributed by atoms with Gasteiger partial charge in [-0.3, -0.25) is 14.9 Å². The molecule has 8 heteroatoms. The quantitative estimate of drug-likeness (QED) is 0.365. The second kappa shape index (κ2) is 9.04. The van der Waals surface area contributed by atoms with Crippen LogP contribution in [0.1, 0.15) is 15.9 Å². The lowest BCUT2D eigenvalue weighted by atomic mass is 10.0. The van der Waals surface area contributed by atoms with Crippen molar-refractivity contribution < 1.29 is 24.0 Å². The molecule has 0 spiro atoms. The Morgan fingerprint density at radius 2 is 1.77 bits per heavy atom. The summed E-state index contributed by atoms with van der Waals surface area (Å²) in [6.45, 7) is 0. The highest BCUT2D eigenvalue weighted by Crippen LogP contribution is 2.25. The Hall–Kier alpha value is -3.94. The van der Waals surface area contributed by atoms with Crippen molar-refractivity contribution in [3.05, 3.63) is 81.9 Å². The molecule has 1 N–H and O–H groups in total. The van der Waals surface area contributed by atoms with Gasteiger partial charge in [0.15, 0.2) is 0 Å². The highest BCUT2D eigenvalue weighted by molar-refractivity contribution is 6.00. The lowest BCUT2D eigenvalue weighted by molar-refractivity contribution is -0.384. The van der Waals surface area contributed by atoms with E-state index in [9.17, 15) is 19.7 Å². The molecule has 0 unspecified atom stereocenters. The van der Waals surface area contributed by atoms with Gasteiger partial charge in [0, 0.05) is 29.7 Å². The van der Waals surface area contributed by atoms with Crippen molar-refractivity contribution in [2.24, 2.45) is 0 Å². The summed E-state index contributed by atoms with van der Waals surface area (Å²) >= 11 is 0. The van der Waals surface area contributed by atoms with Gasteiger partial charge in [0.25, 0.3) is 11.6 Å². The average molecular weight is 408 g/mol. The number of ether oxygens (including phenoxy) is 2. The second-order valence-corrected chi connectivity index (χ2v) is 6.57. The third kappa shape index (κ3) is 4.54. The third-order valence-electron chi connectivity index (χ3n) is 4.70. The zero-order valence-electron chi connectivity index (χ0n) is 16.5. The summed E-state index contributed by atoms with van der Waals surface area (Å²) in [5, 5.41) is 15.6. The third-order valence-corrected chi connectivity index (χ3v) is 4.70. The normalized spacial score (nSPS) is 11.5. The van der Waals surface area contributed by atoms with Gasteiger partial charge in [0.2, 0.25) is 0 Å². The van der Waals surface area contributed by atoms with Crippen LogP contribution in [0.15, 0.2) is 60.7 Å². The van der Waals surface area contributed by atoms with Crippen molar-refractivity contribution in [3.63, 3.8) is 0 Å². The van der Waals surface area contributed by atoms with Gasteiger partial charge in [-0.05, 0) is 29.0 Å². The Morgan fingerprint density at radius 3 is 2.43 bits per heavy atom. The van der Waals surface area contributed by atoms with Crippen LogP contribution in [-0.4, -0.2) is 37.1 Å². The van der Waals surface area contributed by atoms with E-state index < -0.39 is 22.8 Å². The summed E-state index contributed by atoms with van der Waals surface area (Å²) in [4.78, 5) is 35.6. The number of hydrogen-bond acceptors (Lipinski definition) is 6. The summed E-state index contributed by atoms with van der Waals surface area (Å²) in [7, 11) is 2.63. The van der Waals surface area contributed by atoms with E-state index >= 15 is 0 Å². The van der Waals surface area contributed by atoms with Gasteiger partial charge in [-0.2, -0.15) is 0 Å².